The summed E-state index contributed by atoms with van der Waals surface area (Å²) in [5.74, 6) is -0.334. The van der Waals surface area contributed by atoms with Gasteiger partial charge < -0.3 is 24.4 Å². The van der Waals surface area contributed by atoms with Crippen LogP contribution in [0.3, 0.4) is 0 Å². The fraction of sp³-hybridized carbons (Fsp3) is 0.276. The summed E-state index contributed by atoms with van der Waals surface area (Å²) in [4.78, 5) is 31.9. The normalized spacial score (nSPS) is 13.3. The topological polar surface area (TPSA) is 132 Å². The largest absolute Gasteiger partial charge is 0.392 e. The molecule has 1 amide bonds. The van der Waals surface area contributed by atoms with Crippen molar-refractivity contribution in [3.05, 3.63) is 88.0 Å². The van der Waals surface area contributed by atoms with E-state index in [4.69, 9.17) is 0 Å². The lowest BCUT2D eigenvalue weighted by atomic mass is 9.94. The number of aliphatic hydroxyl groups is 1. The molecule has 0 bridgehead atoms. The molecule has 2 aromatic carbocycles. The fourth-order valence-electron chi connectivity index (χ4n) is 5.18. The van der Waals surface area contributed by atoms with Gasteiger partial charge in [0, 0.05) is 74.8 Å². The maximum absolute atomic E-state index is 13.6. The monoisotopic (exact) mass is 576 g/mol. The summed E-state index contributed by atoms with van der Waals surface area (Å²) in [5.41, 5.74) is 4.60. The first-order valence-electron chi connectivity index (χ1n) is 13.0. The number of aliphatic hydroxyl groups excluding tert-OH is 1. The number of carbonyl (C=O) groups is 1. The summed E-state index contributed by atoms with van der Waals surface area (Å²) in [6, 6.07) is 14.4. The molecule has 41 heavy (non-hydrogen) atoms. The van der Waals surface area contributed by atoms with E-state index in [9.17, 15) is 23.1 Å². The number of benzene rings is 2. The van der Waals surface area contributed by atoms with Crippen molar-refractivity contribution in [2.45, 2.75) is 13.0 Å². The first-order chi connectivity index (χ1) is 19.5. The quantitative estimate of drug-likeness (QED) is 0.327. The second-order valence-electron chi connectivity index (χ2n) is 10.3. The van der Waals surface area contributed by atoms with E-state index in [1.807, 2.05) is 37.2 Å². The fourth-order valence-corrected chi connectivity index (χ4v) is 5.92. The zero-order valence-electron chi connectivity index (χ0n) is 23.3. The van der Waals surface area contributed by atoms with Gasteiger partial charge in [-0.3, -0.25) is 14.7 Å². The van der Waals surface area contributed by atoms with Crippen LogP contribution in [0.25, 0.3) is 11.1 Å². The third kappa shape index (κ3) is 5.48. The van der Waals surface area contributed by atoms with E-state index in [-0.39, 0.29) is 24.0 Å². The maximum Gasteiger partial charge on any atom is 0.274 e. The molecule has 0 radical (unpaired) electrons. The van der Waals surface area contributed by atoms with Crippen LogP contribution in [-0.2, 0) is 29.9 Å². The van der Waals surface area contributed by atoms with Gasteiger partial charge in [0.2, 0.25) is 0 Å². The molecule has 1 aliphatic rings. The number of anilines is 4. The smallest absolute Gasteiger partial charge is 0.274 e. The number of H-pyrrole nitrogens is 1. The minimum absolute atomic E-state index is 0.108. The number of rotatable bonds is 8. The Kier molecular flexibility index (Phi) is 7.45. The van der Waals surface area contributed by atoms with E-state index in [2.05, 4.69) is 10.2 Å². The molecule has 4 aromatic rings. The van der Waals surface area contributed by atoms with Crippen LogP contribution >= 0.6 is 0 Å². The van der Waals surface area contributed by atoms with Gasteiger partial charge in [-0.1, -0.05) is 12.1 Å². The highest BCUT2D eigenvalue weighted by Crippen LogP contribution is 2.36. The third-order valence-corrected chi connectivity index (χ3v) is 7.91. The molecule has 2 N–H and O–H groups in total. The molecule has 2 aromatic heterocycles. The van der Waals surface area contributed by atoms with Gasteiger partial charge in [0.25, 0.3) is 11.5 Å². The second kappa shape index (κ2) is 10.9. The van der Waals surface area contributed by atoms with Crippen molar-refractivity contribution < 1.29 is 18.3 Å². The Labute approximate surface area is 238 Å². The summed E-state index contributed by atoms with van der Waals surface area (Å²) < 4.78 is 25.9. The van der Waals surface area contributed by atoms with Gasteiger partial charge in [-0.05, 0) is 47.9 Å². The summed E-state index contributed by atoms with van der Waals surface area (Å²) in [5, 5.41) is 17.3. The minimum atomic E-state index is -3.54. The SMILES string of the molecule is CN(C)c1ccc2c(c1)CCN(c1cccc(-c3cc(N(CS(C)(=O)=O)c4cc[nH]n4)c(=O)n(C)c3)c1CO)C2=O. The van der Waals surface area contributed by atoms with E-state index in [0.29, 0.717) is 40.9 Å². The van der Waals surface area contributed by atoms with Crippen LogP contribution in [0.4, 0.5) is 22.9 Å². The van der Waals surface area contributed by atoms with Crippen molar-refractivity contribution in [1.29, 1.82) is 0 Å². The number of fused-ring (bicyclic) bond motifs is 1. The van der Waals surface area contributed by atoms with Crippen LogP contribution in [0.15, 0.2) is 65.7 Å². The Bertz CT molecular complexity index is 1780. The number of nitrogens with zero attached hydrogens (tertiary/aromatic N) is 5. The van der Waals surface area contributed by atoms with Crippen LogP contribution in [0.2, 0.25) is 0 Å². The van der Waals surface area contributed by atoms with E-state index in [1.54, 1.807) is 54.7 Å². The summed E-state index contributed by atoms with van der Waals surface area (Å²) >= 11 is 0. The standard InChI is InChI=1S/C29H32N6O5S/c1-32(2)21-8-9-23-19(14-21)11-13-34(28(23)37)25-7-5-6-22(24(25)17-36)20-15-26(29(38)33(3)16-20)35(18-41(4,39)40)27-10-12-30-31-27/h5-10,12,14-16,36H,11,13,17-18H2,1-4H3,(H,30,31). The molecule has 0 fully saturated rings. The van der Waals surface area contributed by atoms with Gasteiger partial charge in [-0.15, -0.1) is 0 Å². The zero-order valence-corrected chi connectivity index (χ0v) is 24.1. The van der Waals surface area contributed by atoms with Crippen LogP contribution in [0, 0.1) is 0 Å². The first kappa shape index (κ1) is 28.1. The van der Waals surface area contributed by atoms with Gasteiger partial charge in [-0.2, -0.15) is 5.10 Å². The predicted octanol–water partition coefficient (Wildman–Crippen LogP) is 2.68. The number of aromatic nitrogens is 3. The Morgan fingerprint density at radius 2 is 1.85 bits per heavy atom. The minimum Gasteiger partial charge on any atom is -0.392 e. The summed E-state index contributed by atoms with van der Waals surface area (Å²) in [6.07, 6.45) is 4.92. The number of hydrogen-bond acceptors (Lipinski definition) is 8. The van der Waals surface area contributed by atoms with Crippen LogP contribution in [-0.4, -0.2) is 67.0 Å². The van der Waals surface area contributed by atoms with Gasteiger partial charge in [0.05, 0.1) is 12.3 Å². The Hall–Kier alpha value is -4.42. The van der Waals surface area contributed by atoms with Gasteiger partial charge in [-0.25, -0.2) is 8.42 Å². The molecule has 11 nitrogen and oxygen atoms in total. The lowest BCUT2D eigenvalue weighted by Crippen LogP contribution is -2.38. The zero-order chi connectivity index (χ0) is 29.5. The molecular formula is C29H32N6O5S. The Morgan fingerprint density at radius 3 is 2.51 bits per heavy atom. The van der Waals surface area contributed by atoms with Crippen molar-refractivity contribution >= 4 is 38.6 Å². The van der Waals surface area contributed by atoms with Crippen molar-refractivity contribution in [3.8, 4) is 11.1 Å². The van der Waals surface area contributed by atoms with E-state index < -0.39 is 21.3 Å². The van der Waals surface area contributed by atoms with Crippen LogP contribution in [0.1, 0.15) is 21.5 Å². The molecule has 12 heteroatoms. The van der Waals surface area contributed by atoms with E-state index in [1.165, 1.54) is 9.47 Å². The number of pyridine rings is 1. The number of aromatic amines is 1. The molecule has 0 spiro atoms. The number of sulfone groups is 1. The maximum atomic E-state index is 13.6. The molecule has 3 heterocycles. The molecule has 0 atom stereocenters. The van der Waals surface area contributed by atoms with Crippen molar-refractivity contribution in [1.82, 2.24) is 14.8 Å². The van der Waals surface area contributed by atoms with Crippen molar-refractivity contribution in [2.75, 3.05) is 47.5 Å². The van der Waals surface area contributed by atoms with E-state index in [0.717, 1.165) is 17.5 Å². The highest BCUT2D eigenvalue weighted by atomic mass is 32.2. The molecule has 0 saturated heterocycles. The molecule has 214 valence electrons. The van der Waals surface area contributed by atoms with Gasteiger partial charge >= 0.3 is 0 Å². The third-order valence-electron chi connectivity index (χ3n) is 7.18. The molecule has 0 saturated carbocycles. The van der Waals surface area contributed by atoms with Crippen LogP contribution < -0.4 is 20.3 Å². The Balaban J connectivity index is 1.60. The lowest BCUT2D eigenvalue weighted by molar-refractivity contribution is 0.0980. The molecule has 5 rings (SSSR count). The highest BCUT2D eigenvalue weighted by Gasteiger charge is 2.29. The summed E-state index contributed by atoms with van der Waals surface area (Å²) in [6.45, 7) is 0.0886. The first-order valence-corrected chi connectivity index (χ1v) is 15.1. The second-order valence-corrected chi connectivity index (χ2v) is 12.5. The average molecular weight is 577 g/mol. The summed E-state index contributed by atoms with van der Waals surface area (Å²) in [7, 11) is 1.95. The molecular weight excluding hydrogens is 544 g/mol. The van der Waals surface area contributed by atoms with E-state index >= 15 is 0 Å². The number of hydrogen-bond donors (Lipinski definition) is 2. The molecule has 0 unspecified atom stereocenters. The number of amides is 1. The van der Waals surface area contributed by atoms with Crippen molar-refractivity contribution in [3.63, 3.8) is 0 Å². The highest BCUT2D eigenvalue weighted by molar-refractivity contribution is 7.90. The molecule has 1 aliphatic heterocycles. The average Bonchev–Trinajstić information content (AvgIpc) is 3.47. The van der Waals surface area contributed by atoms with Crippen LogP contribution in [0.5, 0.6) is 0 Å². The predicted molar refractivity (Wildman–Crippen MR) is 160 cm³/mol. The Morgan fingerprint density at radius 1 is 1.07 bits per heavy atom. The van der Waals surface area contributed by atoms with Gasteiger partial charge in [0.1, 0.15) is 11.6 Å². The molecule has 0 aliphatic carbocycles. The van der Waals surface area contributed by atoms with Gasteiger partial charge in [0.15, 0.2) is 15.7 Å². The number of nitrogens with one attached hydrogen (secondary N) is 1. The lowest BCUT2D eigenvalue weighted by Gasteiger charge is -2.31. The number of carbonyl (C=O) groups excluding carboxylic acids is 1. The van der Waals surface area contributed by atoms with Crippen molar-refractivity contribution in [2.24, 2.45) is 7.05 Å². The number of aryl methyl sites for hydroxylation is 1.